The Morgan fingerprint density at radius 1 is 0.861 bits per heavy atom. The average molecular weight is 514 g/mol. The molecule has 4 rings (SSSR count). The van der Waals surface area contributed by atoms with Gasteiger partial charge in [0.05, 0.1) is 18.5 Å². The van der Waals surface area contributed by atoms with Gasteiger partial charge in [0.15, 0.2) is 0 Å². The minimum Gasteiger partial charge on any atom is -0.453 e. The maximum absolute atomic E-state index is 13.2. The zero-order valence-electron chi connectivity index (χ0n) is 20.5. The fourth-order valence-electron chi connectivity index (χ4n) is 4.60. The van der Waals surface area contributed by atoms with E-state index in [0.717, 1.165) is 31.6 Å². The Kier molecular flexibility index (Phi) is 8.66. The van der Waals surface area contributed by atoms with Crippen LogP contribution in [0.2, 0.25) is 5.02 Å². The predicted molar refractivity (Wildman–Crippen MR) is 140 cm³/mol. The second kappa shape index (κ2) is 12.1. The molecule has 0 saturated carbocycles. The van der Waals surface area contributed by atoms with Crippen molar-refractivity contribution in [2.24, 2.45) is 0 Å². The minimum absolute atomic E-state index is 0.0554. The molecule has 2 aromatic rings. The maximum atomic E-state index is 13.2. The maximum Gasteiger partial charge on any atom is 0.411 e. The number of hydrogen-bond acceptors (Lipinski definition) is 6. The number of ether oxygens (including phenoxy) is 1. The number of nitrogens with zero attached hydrogens (tertiary/aromatic N) is 3. The van der Waals surface area contributed by atoms with E-state index in [9.17, 15) is 14.4 Å². The molecule has 2 aliphatic heterocycles. The summed E-state index contributed by atoms with van der Waals surface area (Å²) in [6.07, 6.45) is 1.05. The van der Waals surface area contributed by atoms with Gasteiger partial charge >= 0.3 is 6.09 Å². The van der Waals surface area contributed by atoms with Crippen LogP contribution in [0.4, 0.5) is 16.2 Å². The summed E-state index contributed by atoms with van der Waals surface area (Å²) in [6, 6.07) is 12.4. The van der Waals surface area contributed by atoms with Crippen molar-refractivity contribution in [3.63, 3.8) is 0 Å². The van der Waals surface area contributed by atoms with E-state index in [0.29, 0.717) is 61.1 Å². The largest absolute Gasteiger partial charge is 0.453 e. The Balaban J connectivity index is 1.53. The van der Waals surface area contributed by atoms with E-state index in [1.807, 2.05) is 15.9 Å². The van der Waals surface area contributed by atoms with E-state index in [1.54, 1.807) is 36.4 Å². The van der Waals surface area contributed by atoms with E-state index in [2.05, 4.69) is 15.5 Å². The lowest BCUT2D eigenvalue weighted by molar-refractivity contribution is 0.0759. The molecule has 2 heterocycles. The molecule has 2 aliphatic rings. The Hall–Kier alpha value is -3.30. The molecule has 3 amide bonds. The fourth-order valence-corrected chi connectivity index (χ4v) is 4.79. The molecule has 0 radical (unpaired) electrons. The van der Waals surface area contributed by atoms with Gasteiger partial charge in [-0.3, -0.25) is 14.9 Å². The molecular weight excluding hydrogens is 482 g/mol. The van der Waals surface area contributed by atoms with Crippen molar-refractivity contribution in [2.75, 3.05) is 69.7 Å². The standard InChI is InChI=1S/C26H32ClN5O4/c1-36-26(35)29-22-18-20(25(34)31-11-3-9-28-10-14-31)7-8-23(22)30-12-4-13-32(16-15-30)24(33)19-5-2-6-21(27)17-19/h2,5-8,17-18,28H,3-4,9-16H2,1H3,(H,29,35). The summed E-state index contributed by atoms with van der Waals surface area (Å²) in [6.45, 7) is 5.39. The highest BCUT2D eigenvalue weighted by molar-refractivity contribution is 6.30. The van der Waals surface area contributed by atoms with Gasteiger partial charge < -0.3 is 24.8 Å². The zero-order chi connectivity index (χ0) is 25.5. The summed E-state index contributed by atoms with van der Waals surface area (Å²) < 4.78 is 4.83. The molecule has 36 heavy (non-hydrogen) atoms. The van der Waals surface area contributed by atoms with Crippen LogP contribution in [-0.4, -0.2) is 87.2 Å². The zero-order valence-corrected chi connectivity index (χ0v) is 21.2. The molecule has 10 heteroatoms. The molecule has 2 saturated heterocycles. The molecule has 0 aromatic heterocycles. The number of amides is 3. The number of benzene rings is 2. The first kappa shape index (κ1) is 25.8. The van der Waals surface area contributed by atoms with Crippen LogP contribution in [-0.2, 0) is 4.74 Å². The molecule has 0 aliphatic carbocycles. The number of anilines is 2. The van der Waals surface area contributed by atoms with Crippen LogP contribution >= 0.6 is 11.6 Å². The fraction of sp³-hybridized carbons (Fsp3) is 0.423. The highest BCUT2D eigenvalue weighted by Gasteiger charge is 2.24. The summed E-state index contributed by atoms with van der Waals surface area (Å²) in [4.78, 5) is 44.1. The Morgan fingerprint density at radius 3 is 2.39 bits per heavy atom. The Bertz CT molecular complexity index is 1100. The summed E-state index contributed by atoms with van der Waals surface area (Å²) >= 11 is 6.07. The number of rotatable bonds is 4. The Labute approximate surface area is 216 Å². The lowest BCUT2D eigenvalue weighted by atomic mass is 10.1. The molecule has 0 atom stereocenters. The molecule has 2 N–H and O–H groups in total. The molecule has 192 valence electrons. The number of carbonyl (C=O) groups is 3. The average Bonchev–Trinajstić information content (AvgIpc) is 3.31. The van der Waals surface area contributed by atoms with Crippen LogP contribution in [0.25, 0.3) is 0 Å². The van der Waals surface area contributed by atoms with E-state index in [1.165, 1.54) is 7.11 Å². The summed E-state index contributed by atoms with van der Waals surface area (Å²) in [5.74, 6) is -0.118. The van der Waals surface area contributed by atoms with Crippen molar-refractivity contribution in [2.45, 2.75) is 12.8 Å². The van der Waals surface area contributed by atoms with Crippen LogP contribution in [0.3, 0.4) is 0 Å². The van der Waals surface area contributed by atoms with Gasteiger partial charge in [-0.1, -0.05) is 17.7 Å². The Morgan fingerprint density at radius 2 is 1.61 bits per heavy atom. The van der Waals surface area contributed by atoms with Crippen molar-refractivity contribution in [1.82, 2.24) is 15.1 Å². The second-order valence-corrected chi connectivity index (χ2v) is 9.32. The van der Waals surface area contributed by atoms with Crippen LogP contribution in [0.1, 0.15) is 33.6 Å². The first-order valence-electron chi connectivity index (χ1n) is 12.2. The normalized spacial score (nSPS) is 16.7. The van der Waals surface area contributed by atoms with Crippen molar-refractivity contribution >= 4 is 40.9 Å². The number of halogens is 1. The first-order valence-corrected chi connectivity index (χ1v) is 12.6. The first-order chi connectivity index (χ1) is 17.5. The van der Waals surface area contributed by atoms with Gasteiger partial charge in [-0.15, -0.1) is 0 Å². The molecule has 2 fully saturated rings. The van der Waals surface area contributed by atoms with Crippen LogP contribution in [0.15, 0.2) is 42.5 Å². The van der Waals surface area contributed by atoms with Crippen LogP contribution < -0.4 is 15.5 Å². The number of hydrogen-bond donors (Lipinski definition) is 2. The third kappa shape index (κ3) is 6.27. The van der Waals surface area contributed by atoms with Crippen molar-refractivity contribution in [1.29, 1.82) is 0 Å². The van der Waals surface area contributed by atoms with Crippen LogP contribution in [0, 0.1) is 0 Å². The van der Waals surface area contributed by atoms with E-state index < -0.39 is 6.09 Å². The summed E-state index contributed by atoms with van der Waals surface area (Å²) in [7, 11) is 1.31. The summed E-state index contributed by atoms with van der Waals surface area (Å²) in [5, 5.41) is 6.61. The molecular formula is C26H32ClN5O4. The monoisotopic (exact) mass is 513 g/mol. The SMILES string of the molecule is COC(=O)Nc1cc(C(=O)N2CCCNCC2)ccc1N1CCCN(C(=O)c2cccc(Cl)c2)CC1. The van der Waals surface area contributed by atoms with Crippen LogP contribution in [0.5, 0.6) is 0 Å². The van der Waals surface area contributed by atoms with E-state index in [-0.39, 0.29) is 11.8 Å². The summed E-state index contributed by atoms with van der Waals surface area (Å²) in [5.41, 5.74) is 2.37. The lowest BCUT2D eigenvalue weighted by Crippen LogP contribution is -2.35. The van der Waals surface area contributed by atoms with Gasteiger partial charge in [0.1, 0.15) is 0 Å². The third-order valence-corrected chi connectivity index (χ3v) is 6.72. The van der Waals surface area contributed by atoms with Gasteiger partial charge in [0.2, 0.25) is 0 Å². The number of carbonyl (C=O) groups excluding carboxylic acids is 3. The molecule has 9 nitrogen and oxygen atoms in total. The highest BCUT2D eigenvalue weighted by atomic mass is 35.5. The van der Waals surface area contributed by atoms with Gasteiger partial charge in [-0.05, 0) is 55.8 Å². The molecule has 2 aromatic carbocycles. The van der Waals surface area contributed by atoms with Gasteiger partial charge in [0.25, 0.3) is 11.8 Å². The molecule has 0 spiro atoms. The highest BCUT2D eigenvalue weighted by Crippen LogP contribution is 2.29. The van der Waals surface area contributed by atoms with E-state index in [4.69, 9.17) is 16.3 Å². The lowest BCUT2D eigenvalue weighted by Gasteiger charge is -2.27. The number of methoxy groups -OCH3 is 1. The third-order valence-electron chi connectivity index (χ3n) is 6.49. The van der Waals surface area contributed by atoms with E-state index >= 15 is 0 Å². The van der Waals surface area contributed by atoms with Gasteiger partial charge in [-0.2, -0.15) is 0 Å². The topological polar surface area (TPSA) is 94.2 Å². The minimum atomic E-state index is -0.604. The second-order valence-electron chi connectivity index (χ2n) is 8.89. The number of nitrogens with one attached hydrogen (secondary N) is 2. The van der Waals surface area contributed by atoms with Gasteiger partial charge in [-0.25, -0.2) is 4.79 Å². The quantitative estimate of drug-likeness (QED) is 0.651. The predicted octanol–water partition coefficient (Wildman–Crippen LogP) is 3.31. The van der Waals surface area contributed by atoms with Crippen molar-refractivity contribution in [3.8, 4) is 0 Å². The smallest absolute Gasteiger partial charge is 0.411 e. The molecule has 0 bridgehead atoms. The van der Waals surface area contributed by atoms with Crippen molar-refractivity contribution < 1.29 is 19.1 Å². The van der Waals surface area contributed by atoms with Crippen molar-refractivity contribution in [3.05, 3.63) is 58.6 Å². The molecule has 0 unspecified atom stereocenters. The van der Waals surface area contributed by atoms with Gasteiger partial charge in [0, 0.05) is 62.0 Å².